The summed E-state index contributed by atoms with van der Waals surface area (Å²) in [5, 5.41) is 14.0. The summed E-state index contributed by atoms with van der Waals surface area (Å²) >= 11 is 0. The van der Waals surface area contributed by atoms with Crippen molar-refractivity contribution in [2.45, 2.75) is 20.0 Å². The maximum absolute atomic E-state index is 10.9. The van der Waals surface area contributed by atoms with Gasteiger partial charge in [-0.1, -0.05) is 60.7 Å². The average molecular weight is 342 g/mol. The van der Waals surface area contributed by atoms with Gasteiger partial charge in [0.15, 0.2) is 0 Å². The molecule has 0 saturated carbocycles. The van der Waals surface area contributed by atoms with Crippen molar-refractivity contribution >= 4 is 21.7 Å². The zero-order chi connectivity index (χ0) is 18.1. The zero-order valence-electron chi connectivity index (χ0n) is 15.1. The van der Waals surface area contributed by atoms with Gasteiger partial charge in [-0.2, -0.15) is 0 Å². The molecule has 0 aliphatic rings. The fraction of sp³-hybridized carbons (Fsp3) is 0.174. The molecule has 3 nitrogen and oxygen atoms in total. The average Bonchev–Trinajstić information content (AvgIpc) is 2.66. The molecule has 4 aromatic rings. The van der Waals surface area contributed by atoms with Crippen LogP contribution in [0.2, 0.25) is 0 Å². The number of nitrogens with zero attached hydrogens (tertiary/aromatic N) is 2. The van der Waals surface area contributed by atoms with E-state index in [1.807, 2.05) is 37.3 Å². The van der Waals surface area contributed by atoms with Crippen LogP contribution in [0.25, 0.3) is 21.7 Å². The Hall–Kier alpha value is -2.91. The molecule has 0 atom stereocenters. The highest BCUT2D eigenvalue weighted by atomic mass is 16.3. The maximum atomic E-state index is 10.9. The monoisotopic (exact) mass is 342 g/mol. The Morgan fingerprint density at radius 2 is 1.58 bits per heavy atom. The molecule has 0 amide bonds. The number of rotatable bonds is 4. The van der Waals surface area contributed by atoms with E-state index in [-0.39, 0.29) is 0 Å². The Morgan fingerprint density at radius 1 is 0.846 bits per heavy atom. The molecule has 0 fully saturated rings. The number of benzene rings is 3. The van der Waals surface area contributed by atoms with Crippen molar-refractivity contribution in [3.8, 4) is 5.75 Å². The van der Waals surface area contributed by atoms with Gasteiger partial charge in [-0.15, -0.1) is 0 Å². The molecule has 1 aromatic heterocycles. The van der Waals surface area contributed by atoms with Gasteiger partial charge in [-0.05, 0) is 31.0 Å². The largest absolute Gasteiger partial charge is 0.507 e. The summed E-state index contributed by atoms with van der Waals surface area (Å²) in [5.74, 6) is 0.346. The summed E-state index contributed by atoms with van der Waals surface area (Å²) < 4.78 is 0. The Balaban J connectivity index is 1.72. The van der Waals surface area contributed by atoms with Crippen LogP contribution in [-0.2, 0) is 13.1 Å². The van der Waals surface area contributed by atoms with Gasteiger partial charge in [-0.3, -0.25) is 9.88 Å². The molecule has 3 heteroatoms. The van der Waals surface area contributed by atoms with Gasteiger partial charge in [0.05, 0.1) is 5.52 Å². The van der Waals surface area contributed by atoms with Crippen molar-refractivity contribution < 1.29 is 5.11 Å². The minimum Gasteiger partial charge on any atom is -0.507 e. The normalized spacial score (nSPS) is 11.5. The second kappa shape index (κ2) is 6.77. The highest BCUT2D eigenvalue weighted by Crippen LogP contribution is 2.34. The first-order chi connectivity index (χ1) is 12.6. The molecule has 26 heavy (non-hydrogen) atoms. The molecular formula is C23H22N2O. The zero-order valence-corrected chi connectivity index (χ0v) is 15.1. The summed E-state index contributed by atoms with van der Waals surface area (Å²) in [6, 6.07) is 22.6. The number of hydrogen-bond donors (Lipinski definition) is 1. The topological polar surface area (TPSA) is 36.4 Å². The highest BCUT2D eigenvalue weighted by molar-refractivity contribution is 6.07. The van der Waals surface area contributed by atoms with E-state index in [2.05, 4.69) is 48.3 Å². The summed E-state index contributed by atoms with van der Waals surface area (Å²) in [5.41, 5.74) is 3.90. The lowest BCUT2D eigenvalue weighted by molar-refractivity contribution is 0.312. The second-order valence-electron chi connectivity index (χ2n) is 6.87. The lowest BCUT2D eigenvalue weighted by Crippen LogP contribution is -2.18. The predicted octanol–water partition coefficient (Wildman–Crippen LogP) is 5.03. The SMILES string of the molecule is Cc1nc2c(ccc3ccccc32)c(O)c1CN(C)Cc1ccccc1. The molecule has 0 saturated heterocycles. The Morgan fingerprint density at radius 3 is 2.38 bits per heavy atom. The molecule has 4 rings (SSSR count). The molecular weight excluding hydrogens is 320 g/mol. The van der Waals surface area contributed by atoms with Gasteiger partial charge in [0, 0.05) is 35.1 Å². The van der Waals surface area contributed by atoms with Crippen molar-refractivity contribution in [3.05, 3.63) is 83.6 Å². The van der Waals surface area contributed by atoms with E-state index in [0.29, 0.717) is 12.3 Å². The van der Waals surface area contributed by atoms with Crippen LogP contribution in [0.5, 0.6) is 5.75 Å². The highest BCUT2D eigenvalue weighted by Gasteiger charge is 2.15. The third-order valence-corrected chi connectivity index (χ3v) is 4.88. The summed E-state index contributed by atoms with van der Waals surface area (Å²) in [4.78, 5) is 7.04. The van der Waals surface area contributed by atoms with E-state index < -0.39 is 0 Å². The number of pyridine rings is 1. The number of fused-ring (bicyclic) bond motifs is 3. The number of aryl methyl sites for hydroxylation is 1. The molecule has 0 unspecified atom stereocenters. The Bertz CT molecular complexity index is 1070. The van der Waals surface area contributed by atoms with Gasteiger partial charge in [0.25, 0.3) is 0 Å². The molecule has 0 aliphatic carbocycles. The van der Waals surface area contributed by atoms with Crippen LogP contribution < -0.4 is 0 Å². The van der Waals surface area contributed by atoms with Crippen LogP contribution in [-0.4, -0.2) is 22.0 Å². The molecule has 1 N–H and O–H groups in total. The molecule has 0 bridgehead atoms. The van der Waals surface area contributed by atoms with Gasteiger partial charge in [-0.25, -0.2) is 0 Å². The van der Waals surface area contributed by atoms with Gasteiger partial charge in [0.1, 0.15) is 5.75 Å². The van der Waals surface area contributed by atoms with E-state index in [1.165, 1.54) is 5.56 Å². The first-order valence-electron chi connectivity index (χ1n) is 8.86. The van der Waals surface area contributed by atoms with Crippen LogP contribution in [0, 0.1) is 6.92 Å². The Kier molecular flexibility index (Phi) is 4.31. The molecule has 1 heterocycles. The number of aromatic nitrogens is 1. The maximum Gasteiger partial charge on any atom is 0.131 e. The standard InChI is InChI=1S/C23H22N2O/c1-16-21(15-25(2)14-17-8-4-3-5-9-17)23(26)20-13-12-18-10-6-7-11-19(18)22(20)24-16/h3-13H,14-15H2,1-2H3,(H,24,26). The second-order valence-corrected chi connectivity index (χ2v) is 6.87. The van der Waals surface area contributed by atoms with Crippen molar-refractivity contribution in [2.75, 3.05) is 7.05 Å². The minimum absolute atomic E-state index is 0.346. The summed E-state index contributed by atoms with van der Waals surface area (Å²) in [6.45, 7) is 3.46. The molecule has 0 spiro atoms. The Labute approximate surface area is 153 Å². The van der Waals surface area contributed by atoms with E-state index in [0.717, 1.165) is 39.5 Å². The molecule has 0 aliphatic heterocycles. The van der Waals surface area contributed by atoms with Crippen molar-refractivity contribution in [3.63, 3.8) is 0 Å². The van der Waals surface area contributed by atoms with Crippen LogP contribution in [0.3, 0.4) is 0 Å². The van der Waals surface area contributed by atoms with Gasteiger partial charge in [0.2, 0.25) is 0 Å². The van der Waals surface area contributed by atoms with Crippen LogP contribution in [0.4, 0.5) is 0 Å². The number of hydrogen-bond acceptors (Lipinski definition) is 3. The first-order valence-corrected chi connectivity index (χ1v) is 8.86. The minimum atomic E-state index is 0.346. The van der Waals surface area contributed by atoms with Crippen molar-refractivity contribution in [2.24, 2.45) is 0 Å². The van der Waals surface area contributed by atoms with Gasteiger partial charge >= 0.3 is 0 Å². The number of aromatic hydroxyl groups is 1. The van der Waals surface area contributed by atoms with Crippen LogP contribution in [0.15, 0.2) is 66.7 Å². The van der Waals surface area contributed by atoms with E-state index in [9.17, 15) is 5.11 Å². The van der Waals surface area contributed by atoms with E-state index in [1.54, 1.807) is 0 Å². The lowest BCUT2D eigenvalue weighted by atomic mass is 10.0. The fourth-order valence-electron chi connectivity index (χ4n) is 3.55. The first kappa shape index (κ1) is 16.6. The third kappa shape index (κ3) is 3.02. The van der Waals surface area contributed by atoms with Crippen LogP contribution >= 0.6 is 0 Å². The fourth-order valence-corrected chi connectivity index (χ4v) is 3.55. The van der Waals surface area contributed by atoms with E-state index >= 15 is 0 Å². The van der Waals surface area contributed by atoms with Crippen LogP contribution in [0.1, 0.15) is 16.8 Å². The third-order valence-electron chi connectivity index (χ3n) is 4.88. The summed E-state index contributed by atoms with van der Waals surface area (Å²) in [6.07, 6.45) is 0. The predicted molar refractivity (Wildman–Crippen MR) is 107 cm³/mol. The van der Waals surface area contributed by atoms with E-state index in [4.69, 9.17) is 4.98 Å². The molecule has 0 radical (unpaired) electrons. The van der Waals surface area contributed by atoms with Crippen molar-refractivity contribution in [1.82, 2.24) is 9.88 Å². The lowest BCUT2D eigenvalue weighted by Gasteiger charge is -2.20. The molecule has 130 valence electrons. The smallest absolute Gasteiger partial charge is 0.131 e. The quantitative estimate of drug-likeness (QED) is 0.528. The van der Waals surface area contributed by atoms with Gasteiger partial charge < -0.3 is 5.11 Å². The molecule has 3 aromatic carbocycles. The van der Waals surface area contributed by atoms with Crippen molar-refractivity contribution in [1.29, 1.82) is 0 Å². The summed E-state index contributed by atoms with van der Waals surface area (Å²) in [7, 11) is 2.07.